The van der Waals surface area contributed by atoms with Crippen molar-refractivity contribution in [2.24, 2.45) is 0 Å². The van der Waals surface area contributed by atoms with Crippen LogP contribution in [0.1, 0.15) is 17.3 Å². The second-order valence-electron chi connectivity index (χ2n) is 5.89. The first-order valence-corrected chi connectivity index (χ1v) is 9.33. The second kappa shape index (κ2) is 7.03. The lowest BCUT2D eigenvalue weighted by molar-refractivity contribution is 0.0393. The molecule has 132 valence electrons. The van der Waals surface area contributed by atoms with Gasteiger partial charge in [0.25, 0.3) is 0 Å². The first kappa shape index (κ1) is 17.7. The average Bonchev–Trinajstić information content (AvgIpc) is 2.62. The maximum absolute atomic E-state index is 14.0. The van der Waals surface area contributed by atoms with Crippen molar-refractivity contribution in [3.05, 3.63) is 53.8 Å². The number of ether oxygens (including phenoxy) is 1. The molecule has 25 heavy (non-hydrogen) atoms. The normalized spacial score (nSPS) is 18.9. The number of nitrogens with zero attached hydrogens (tertiary/aromatic N) is 1. The van der Waals surface area contributed by atoms with Gasteiger partial charge in [0, 0.05) is 18.2 Å². The minimum Gasteiger partial charge on any atom is -0.378 e. The molecule has 1 saturated heterocycles. The minimum absolute atomic E-state index is 0.0640. The van der Waals surface area contributed by atoms with Gasteiger partial charge in [-0.25, -0.2) is 12.8 Å². The van der Waals surface area contributed by atoms with Crippen LogP contribution in [-0.4, -0.2) is 44.8 Å². The monoisotopic (exact) mass is 363 g/mol. The Hall–Kier alpha value is -2.09. The van der Waals surface area contributed by atoms with Gasteiger partial charge in [-0.1, -0.05) is 24.3 Å². The number of carbonyl (C=O) groups is 1. The van der Waals surface area contributed by atoms with Crippen molar-refractivity contribution >= 4 is 16.3 Å². The topological polar surface area (TPSA) is 63.7 Å². The molecule has 2 aromatic rings. The highest BCUT2D eigenvalue weighted by Crippen LogP contribution is 2.31. The van der Waals surface area contributed by atoms with E-state index in [1.807, 2.05) is 0 Å². The maximum atomic E-state index is 14.0. The average molecular weight is 363 g/mol. The van der Waals surface area contributed by atoms with Crippen LogP contribution in [0.4, 0.5) is 4.39 Å². The molecule has 0 amide bonds. The van der Waals surface area contributed by atoms with Crippen LogP contribution >= 0.6 is 0 Å². The molecular weight excluding hydrogens is 345 g/mol. The van der Waals surface area contributed by atoms with Gasteiger partial charge in [0.2, 0.25) is 10.0 Å². The predicted molar refractivity (Wildman–Crippen MR) is 91.4 cm³/mol. The third-order valence-corrected chi connectivity index (χ3v) is 6.29. The molecule has 0 radical (unpaired) electrons. The van der Waals surface area contributed by atoms with Crippen molar-refractivity contribution in [1.29, 1.82) is 0 Å². The summed E-state index contributed by atoms with van der Waals surface area (Å²) in [4.78, 5) is 10.9. The Labute approximate surface area is 146 Å². The van der Waals surface area contributed by atoms with Crippen LogP contribution in [-0.2, 0) is 14.8 Å². The first-order chi connectivity index (χ1) is 11.9. The fourth-order valence-electron chi connectivity index (χ4n) is 2.92. The van der Waals surface area contributed by atoms with Crippen molar-refractivity contribution in [2.75, 3.05) is 19.8 Å². The number of hydrogen-bond acceptors (Lipinski definition) is 4. The lowest BCUT2D eigenvalue weighted by atomic mass is 10.0. The van der Waals surface area contributed by atoms with Gasteiger partial charge in [0.1, 0.15) is 5.82 Å². The highest BCUT2D eigenvalue weighted by Gasteiger charge is 2.33. The number of aldehydes is 1. The fourth-order valence-corrected chi connectivity index (χ4v) is 4.73. The predicted octanol–water partition coefficient (Wildman–Crippen LogP) is 2.71. The van der Waals surface area contributed by atoms with Crippen molar-refractivity contribution in [3.63, 3.8) is 0 Å². The quantitative estimate of drug-likeness (QED) is 0.784. The van der Waals surface area contributed by atoms with Crippen molar-refractivity contribution in [2.45, 2.75) is 17.9 Å². The molecule has 1 fully saturated rings. The number of benzene rings is 2. The Bertz CT molecular complexity index is 898. The molecule has 3 rings (SSSR count). The van der Waals surface area contributed by atoms with Crippen LogP contribution in [0.5, 0.6) is 0 Å². The van der Waals surface area contributed by atoms with E-state index in [9.17, 15) is 17.6 Å². The summed E-state index contributed by atoms with van der Waals surface area (Å²) in [5.74, 6) is -0.681. The van der Waals surface area contributed by atoms with Crippen LogP contribution in [0.25, 0.3) is 11.1 Å². The van der Waals surface area contributed by atoms with Crippen LogP contribution in [0, 0.1) is 5.82 Å². The lowest BCUT2D eigenvalue weighted by Crippen LogP contribution is -2.47. The van der Waals surface area contributed by atoms with E-state index in [0.717, 1.165) is 0 Å². The van der Waals surface area contributed by atoms with Gasteiger partial charge in [-0.3, -0.25) is 4.79 Å². The highest BCUT2D eigenvalue weighted by atomic mass is 32.2. The first-order valence-electron chi connectivity index (χ1n) is 7.89. The molecule has 5 nitrogen and oxygen atoms in total. The van der Waals surface area contributed by atoms with Crippen LogP contribution in [0.15, 0.2) is 47.4 Å². The minimum atomic E-state index is -3.76. The smallest absolute Gasteiger partial charge is 0.244 e. The van der Waals surface area contributed by atoms with Gasteiger partial charge in [-0.2, -0.15) is 4.31 Å². The molecule has 1 heterocycles. The molecule has 0 saturated carbocycles. The summed E-state index contributed by atoms with van der Waals surface area (Å²) in [6.45, 7) is 2.74. The summed E-state index contributed by atoms with van der Waals surface area (Å²) in [6, 6.07) is 10.3. The molecule has 0 spiro atoms. The van der Waals surface area contributed by atoms with Gasteiger partial charge >= 0.3 is 0 Å². The van der Waals surface area contributed by atoms with Gasteiger partial charge in [0.05, 0.1) is 23.7 Å². The van der Waals surface area contributed by atoms with Crippen molar-refractivity contribution < 1.29 is 22.3 Å². The second-order valence-corrected chi connectivity index (χ2v) is 7.75. The largest absolute Gasteiger partial charge is 0.378 e. The summed E-state index contributed by atoms with van der Waals surface area (Å²) in [6.07, 6.45) is 0.428. The van der Waals surface area contributed by atoms with E-state index in [1.54, 1.807) is 31.2 Å². The van der Waals surface area contributed by atoms with E-state index in [2.05, 4.69) is 0 Å². The third-order valence-electron chi connectivity index (χ3n) is 4.22. The number of halogens is 1. The summed E-state index contributed by atoms with van der Waals surface area (Å²) in [5, 5.41) is 0. The molecule has 1 aliphatic rings. The van der Waals surface area contributed by atoms with E-state index in [0.29, 0.717) is 30.6 Å². The molecule has 2 aromatic carbocycles. The van der Waals surface area contributed by atoms with Gasteiger partial charge in [-0.05, 0) is 30.7 Å². The van der Waals surface area contributed by atoms with E-state index in [-0.39, 0.29) is 23.0 Å². The lowest BCUT2D eigenvalue weighted by Gasteiger charge is -2.32. The van der Waals surface area contributed by atoms with E-state index >= 15 is 0 Å². The van der Waals surface area contributed by atoms with Gasteiger partial charge in [0.15, 0.2) is 6.29 Å². The maximum Gasteiger partial charge on any atom is 0.244 e. The molecule has 0 bridgehead atoms. The molecule has 1 atom stereocenters. The zero-order valence-electron chi connectivity index (χ0n) is 13.7. The van der Waals surface area contributed by atoms with E-state index in [1.165, 1.54) is 22.5 Å². The van der Waals surface area contributed by atoms with E-state index in [4.69, 9.17) is 4.74 Å². The number of sulfonamides is 1. The summed E-state index contributed by atoms with van der Waals surface area (Å²) in [5.41, 5.74) is 0.742. The Morgan fingerprint density at radius 2 is 2.00 bits per heavy atom. The SMILES string of the molecule is CC1COCCN1S(=O)(=O)c1ccccc1-c1ccc(C=O)c(F)c1. The van der Waals surface area contributed by atoms with Crippen LogP contribution in [0.2, 0.25) is 0 Å². The zero-order chi connectivity index (χ0) is 18.0. The summed E-state index contributed by atoms with van der Waals surface area (Å²) < 4.78 is 46.9. The number of hydrogen-bond donors (Lipinski definition) is 0. The molecular formula is C18H18FNO4S. The molecule has 1 unspecified atom stereocenters. The summed E-state index contributed by atoms with van der Waals surface area (Å²) >= 11 is 0. The fraction of sp³-hybridized carbons (Fsp3) is 0.278. The molecule has 7 heteroatoms. The molecule has 0 aliphatic carbocycles. The van der Waals surface area contributed by atoms with E-state index < -0.39 is 15.8 Å². The molecule has 0 N–H and O–H groups in total. The Balaban J connectivity index is 2.10. The summed E-state index contributed by atoms with van der Waals surface area (Å²) in [7, 11) is -3.76. The standard InChI is InChI=1S/C18H18FNO4S/c1-13-12-24-9-8-20(13)25(22,23)18-5-3-2-4-16(18)14-6-7-15(11-21)17(19)10-14/h2-7,10-11,13H,8-9,12H2,1H3. The zero-order valence-corrected chi connectivity index (χ0v) is 14.5. The van der Waals surface area contributed by atoms with Gasteiger partial charge < -0.3 is 4.74 Å². The van der Waals surface area contributed by atoms with Crippen molar-refractivity contribution in [3.8, 4) is 11.1 Å². The van der Waals surface area contributed by atoms with Crippen LogP contribution < -0.4 is 0 Å². The Kier molecular flexibility index (Phi) is 4.99. The number of carbonyl (C=O) groups excluding carboxylic acids is 1. The van der Waals surface area contributed by atoms with Crippen LogP contribution in [0.3, 0.4) is 0 Å². The molecule has 0 aromatic heterocycles. The Morgan fingerprint density at radius 1 is 1.24 bits per heavy atom. The third kappa shape index (κ3) is 3.35. The van der Waals surface area contributed by atoms with Gasteiger partial charge in [-0.15, -0.1) is 0 Å². The molecule has 1 aliphatic heterocycles. The Morgan fingerprint density at radius 3 is 2.68 bits per heavy atom. The number of morpholine rings is 1. The highest BCUT2D eigenvalue weighted by molar-refractivity contribution is 7.89. The number of rotatable bonds is 4. The van der Waals surface area contributed by atoms with Crippen molar-refractivity contribution in [1.82, 2.24) is 4.31 Å².